The molecule has 41 heavy (non-hydrogen) atoms. The number of cyclic esters (lactones) is 1. The molecule has 3 N–H and O–H groups in total. The number of ether oxygens (including phenoxy) is 1. The number of phenols is 2. The molecular weight excluding hydrogens is 652 g/mol. The Balaban J connectivity index is 2.28. The number of carboxylic acids is 1. The molecule has 0 saturated heterocycles. The third kappa shape index (κ3) is 5.18. The van der Waals surface area contributed by atoms with Gasteiger partial charge in [0.05, 0.1) is 20.1 Å². The molecule has 1 aliphatic heterocycles. The highest BCUT2D eigenvalue weighted by Gasteiger charge is 2.54. The smallest absolute Gasteiger partial charge is 0.341 e. The van der Waals surface area contributed by atoms with Crippen LogP contribution in [-0.2, 0) is 36.0 Å². The molecule has 0 atom stereocenters. The normalized spacial score (nSPS) is 13.8. The number of aryl methyl sites for hydroxylation is 4. The molecule has 1 aliphatic rings. The van der Waals surface area contributed by atoms with E-state index in [-0.39, 0.29) is 22.6 Å². The van der Waals surface area contributed by atoms with E-state index in [0.29, 0.717) is 51.3 Å². The number of carbonyl (C=O) groups excluding carboxylic acids is 1. The average molecular weight is 688 g/mol. The molecule has 4 rings (SSSR count). The summed E-state index contributed by atoms with van der Waals surface area (Å²) in [6.45, 7) is 8.19. The number of esters is 1. The molecule has 6 nitrogen and oxygen atoms in total. The van der Waals surface area contributed by atoms with E-state index in [1.165, 1.54) is 6.07 Å². The molecule has 3 aromatic rings. The SMILES string of the molecule is CCCc1cc(CCC)c(C2(c3c(CCC)cc(CCC)c(O)c3Br)OC(=O)c3c(C(=O)O)cccc32)c(Br)c1O. The Morgan fingerprint density at radius 1 is 0.780 bits per heavy atom. The zero-order chi connectivity index (χ0) is 30.1. The quantitative estimate of drug-likeness (QED) is 0.175. The minimum absolute atomic E-state index is 0.0297. The first-order valence-electron chi connectivity index (χ1n) is 14.3. The van der Waals surface area contributed by atoms with Gasteiger partial charge in [0.25, 0.3) is 0 Å². The minimum Gasteiger partial charge on any atom is -0.506 e. The maximum atomic E-state index is 13.8. The Morgan fingerprint density at radius 3 is 1.63 bits per heavy atom. The Kier molecular flexibility index (Phi) is 9.54. The number of halogens is 2. The predicted molar refractivity (Wildman–Crippen MR) is 166 cm³/mol. The van der Waals surface area contributed by atoms with Crippen molar-refractivity contribution in [2.45, 2.75) is 84.7 Å². The number of aromatic hydroxyl groups is 2. The number of fused-ring (bicyclic) bond motifs is 1. The van der Waals surface area contributed by atoms with Crippen molar-refractivity contribution in [1.82, 2.24) is 0 Å². The minimum atomic E-state index is -1.64. The molecule has 0 aliphatic carbocycles. The molecule has 8 heteroatoms. The van der Waals surface area contributed by atoms with Gasteiger partial charge in [-0.05, 0) is 85.9 Å². The van der Waals surface area contributed by atoms with Crippen LogP contribution >= 0.6 is 31.9 Å². The van der Waals surface area contributed by atoms with Crippen molar-refractivity contribution >= 4 is 43.8 Å². The summed E-state index contributed by atoms with van der Waals surface area (Å²) >= 11 is 7.39. The van der Waals surface area contributed by atoms with Gasteiger partial charge in [-0.3, -0.25) is 0 Å². The van der Waals surface area contributed by atoms with Crippen LogP contribution in [0.3, 0.4) is 0 Å². The number of benzene rings is 3. The van der Waals surface area contributed by atoms with E-state index in [9.17, 15) is 24.9 Å². The Bertz CT molecular complexity index is 1440. The number of rotatable bonds is 11. The van der Waals surface area contributed by atoms with Crippen LogP contribution in [0.2, 0.25) is 0 Å². The molecule has 0 saturated carbocycles. The van der Waals surface area contributed by atoms with Crippen molar-refractivity contribution in [2.75, 3.05) is 0 Å². The molecule has 0 spiro atoms. The first-order chi connectivity index (χ1) is 19.6. The van der Waals surface area contributed by atoms with Gasteiger partial charge in [0.2, 0.25) is 0 Å². The van der Waals surface area contributed by atoms with Gasteiger partial charge in [-0.2, -0.15) is 0 Å². The molecule has 0 aromatic heterocycles. The third-order valence-electron chi connectivity index (χ3n) is 7.71. The first kappa shape index (κ1) is 31.1. The molecule has 0 radical (unpaired) electrons. The van der Waals surface area contributed by atoms with Crippen molar-refractivity contribution in [2.24, 2.45) is 0 Å². The Hall–Kier alpha value is -2.84. The van der Waals surface area contributed by atoms with Crippen LogP contribution in [0.15, 0.2) is 39.3 Å². The number of carboxylic acid groups (broad SMARTS) is 1. The topological polar surface area (TPSA) is 104 Å². The predicted octanol–water partition coefficient (Wildman–Crippen LogP) is 8.59. The third-order valence-corrected chi connectivity index (χ3v) is 9.25. The number of hydrogen-bond donors (Lipinski definition) is 3. The lowest BCUT2D eigenvalue weighted by atomic mass is 9.73. The van der Waals surface area contributed by atoms with E-state index in [4.69, 9.17) is 4.74 Å². The van der Waals surface area contributed by atoms with Gasteiger partial charge in [-0.1, -0.05) is 77.6 Å². The van der Waals surface area contributed by atoms with E-state index in [1.807, 2.05) is 26.0 Å². The number of hydrogen-bond acceptors (Lipinski definition) is 5. The number of phenolic OH excluding ortho intramolecular Hbond substituents is 2. The highest BCUT2D eigenvalue weighted by molar-refractivity contribution is 9.11. The van der Waals surface area contributed by atoms with Gasteiger partial charge in [0.1, 0.15) is 11.5 Å². The second-order valence-corrected chi connectivity index (χ2v) is 12.2. The highest BCUT2D eigenvalue weighted by Crippen LogP contribution is 2.57. The lowest BCUT2D eigenvalue weighted by molar-refractivity contribution is 0.0238. The summed E-state index contributed by atoms with van der Waals surface area (Å²) in [5.41, 5.74) is 2.89. The fourth-order valence-electron chi connectivity index (χ4n) is 6.10. The molecular formula is C33H36Br2O6. The van der Waals surface area contributed by atoms with Gasteiger partial charge in [0, 0.05) is 16.7 Å². The van der Waals surface area contributed by atoms with Crippen molar-refractivity contribution in [3.8, 4) is 11.5 Å². The van der Waals surface area contributed by atoms with Crippen LogP contribution in [0.5, 0.6) is 11.5 Å². The summed E-state index contributed by atoms with van der Waals surface area (Å²) in [5, 5.41) is 32.9. The lowest BCUT2D eigenvalue weighted by Gasteiger charge is -2.36. The second kappa shape index (κ2) is 12.6. The van der Waals surface area contributed by atoms with Gasteiger partial charge in [-0.25, -0.2) is 9.59 Å². The summed E-state index contributed by atoms with van der Waals surface area (Å²) in [5.74, 6) is -1.89. The molecule has 0 fully saturated rings. The maximum Gasteiger partial charge on any atom is 0.341 e. The molecule has 0 unspecified atom stereocenters. The Labute approximate surface area is 258 Å². The average Bonchev–Trinajstić information content (AvgIpc) is 3.23. The van der Waals surface area contributed by atoms with Crippen LogP contribution in [0.4, 0.5) is 0 Å². The van der Waals surface area contributed by atoms with E-state index < -0.39 is 17.5 Å². The molecule has 218 valence electrons. The zero-order valence-corrected chi connectivity index (χ0v) is 27.0. The van der Waals surface area contributed by atoms with Gasteiger partial charge < -0.3 is 20.1 Å². The molecule has 3 aromatic carbocycles. The van der Waals surface area contributed by atoms with E-state index in [2.05, 4.69) is 45.7 Å². The summed E-state index contributed by atoms with van der Waals surface area (Å²) in [4.78, 5) is 26.1. The van der Waals surface area contributed by atoms with Crippen molar-refractivity contribution in [3.05, 3.63) is 89.3 Å². The summed E-state index contributed by atoms with van der Waals surface area (Å²) in [6.07, 6.45) is 5.79. The van der Waals surface area contributed by atoms with Crippen LogP contribution < -0.4 is 0 Å². The Morgan fingerprint density at radius 2 is 1.22 bits per heavy atom. The number of carbonyl (C=O) groups is 2. The summed E-state index contributed by atoms with van der Waals surface area (Å²) < 4.78 is 7.22. The van der Waals surface area contributed by atoms with Crippen molar-refractivity contribution in [1.29, 1.82) is 0 Å². The van der Waals surface area contributed by atoms with E-state index in [0.717, 1.165) is 47.9 Å². The van der Waals surface area contributed by atoms with Crippen LogP contribution in [0.1, 0.15) is 113 Å². The van der Waals surface area contributed by atoms with Crippen molar-refractivity contribution in [3.63, 3.8) is 0 Å². The number of aromatic carboxylic acids is 1. The first-order valence-corrected chi connectivity index (χ1v) is 15.8. The second-order valence-electron chi connectivity index (χ2n) is 10.6. The summed E-state index contributed by atoms with van der Waals surface area (Å²) in [6, 6.07) is 8.65. The fraction of sp³-hybridized carbons (Fsp3) is 0.394. The molecule has 1 heterocycles. The molecule has 0 bridgehead atoms. The standard InChI is InChI=1S/C33H36Br2O6/c1-5-10-18-16-20(12-7-3)29(36)27(34)25(18)33(23-15-9-14-22(31(38)39)24(23)32(40)41-33)26-19(11-6-2)17-21(13-8-4)30(37)28(26)35/h9,14-17,36-37H,5-8,10-13H2,1-4H3,(H,38,39). The largest absolute Gasteiger partial charge is 0.506 e. The maximum absolute atomic E-state index is 13.8. The zero-order valence-electron chi connectivity index (χ0n) is 23.9. The fourth-order valence-corrected chi connectivity index (χ4v) is 7.68. The summed E-state index contributed by atoms with van der Waals surface area (Å²) in [7, 11) is 0. The van der Waals surface area contributed by atoms with E-state index >= 15 is 0 Å². The van der Waals surface area contributed by atoms with Gasteiger partial charge in [0.15, 0.2) is 5.60 Å². The highest BCUT2D eigenvalue weighted by atomic mass is 79.9. The van der Waals surface area contributed by atoms with Gasteiger partial charge in [-0.15, -0.1) is 0 Å². The molecule has 0 amide bonds. The van der Waals surface area contributed by atoms with Crippen LogP contribution in [-0.4, -0.2) is 27.3 Å². The van der Waals surface area contributed by atoms with E-state index in [1.54, 1.807) is 12.1 Å². The lowest BCUT2D eigenvalue weighted by Crippen LogP contribution is -2.33. The van der Waals surface area contributed by atoms with Crippen LogP contribution in [0, 0.1) is 0 Å². The monoisotopic (exact) mass is 686 g/mol. The van der Waals surface area contributed by atoms with Crippen molar-refractivity contribution < 1.29 is 29.6 Å². The van der Waals surface area contributed by atoms with Crippen LogP contribution in [0.25, 0.3) is 0 Å². The van der Waals surface area contributed by atoms with Gasteiger partial charge >= 0.3 is 11.9 Å².